The first-order valence-corrected chi connectivity index (χ1v) is 9.69. The molecule has 1 saturated heterocycles. The van der Waals surface area contributed by atoms with E-state index in [2.05, 4.69) is 10.6 Å². The van der Waals surface area contributed by atoms with Crippen LogP contribution in [-0.4, -0.2) is 47.4 Å². The number of nitrogens with zero attached hydrogens (tertiary/aromatic N) is 1. The summed E-state index contributed by atoms with van der Waals surface area (Å²) in [7, 11) is 0. The third kappa shape index (κ3) is 5.56. The van der Waals surface area contributed by atoms with Gasteiger partial charge in [-0.05, 0) is 50.7 Å². The third-order valence-corrected chi connectivity index (χ3v) is 4.96. The van der Waals surface area contributed by atoms with E-state index in [1.165, 1.54) is 0 Å². The van der Waals surface area contributed by atoms with Gasteiger partial charge in [-0.15, -0.1) is 0 Å². The van der Waals surface area contributed by atoms with Crippen LogP contribution in [0.3, 0.4) is 0 Å². The van der Waals surface area contributed by atoms with Crippen LogP contribution in [0, 0.1) is 19.8 Å². The van der Waals surface area contributed by atoms with E-state index in [0.717, 1.165) is 22.4 Å². The number of benzene rings is 1. The summed E-state index contributed by atoms with van der Waals surface area (Å²) in [5, 5.41) is 5.36. The second-order valence-electron chi connectivity index (χ2n) is 8.06. The maximum Gasteiger partial charge on any atom is 0.326 e. The number of amides is 4. The van der Waals surface area contributed by atoms with Gasteiger partial charge in [-0.2, -0.15) is 0 Å². The Labute approximate surface area is 171 Å². The lowest BCUT2D eigenvalue weighted by molar-refractivity contribution is -0.150. The highest BCUT2D eigenvalue weighted by atomic mass is 16.5. The first kappa shape index (κ1) is 22.4. The van der Waals surface area contributed by atoms with Crippen molar-refractivity contribution in [2.45, 2.75) is 53.0 Å². The second-order valence-corrected chi connectivity index (χ2v) is 8.06. The number of nitrogens with one attached hydrogen (secondary N) is 2. The predicted octanol–water partition coefficient (Wildman–Crippen LogP) is 2.53. The highest BCUT2D eigenvalue weighted by Gasteiger charge is 2.48. The summed E-state index contributed by atoms with van der Waals surface area (Å²) < 4.78 is 4.96. The lowest BCUT2D eigenvalue weighted by atomic mass is 9.92. The quantitative estimate of drug-likeness (QED) is 0.513. The van der Waals surface area contributed by atoms with Gasteiger partial charge < -0.3 is 15.4 Å². The molecular weight excluding hydrogens is 374 g/mol. The number of imide groups is 1. The number of ether oxygens (including phenoxy) is 1. The molecular formula is C21H29N3O5. The van der Waals surface area contributed by atoms with E-state index in [4.69, 9.17) is 4.74 Å². The third-order valence-electron chi connectivity index (χ3n) is 4.96. The van der Waals surface area contributed by atoms with Crippen LogP contribution in [0.5, 0.6) is 0 Å². The molecule has 0 spiro atoms. The zero-order valence-corrected chi connectivity index (χ0v) is 17.6. The Bertz CT molecular complexity index is 800. The van der Waals surface area contributed by atoms with Gasteiger partial charge in [0.05, 0.1) is 0 Å². The van der Waals surface area contributed by atoms with Crippen molar-refractivity contribution in [1.29, 1.82) is 0 Å². The molecule has 0 bridgehead atoms. The fourth-order valence-electron chi connectivity index (χ4n) is 3.15. The number of esters is 1. The minimum atomic E-state index is -1.03. The molecule has 0 aromatic heterocycles. The maximum absolute atomic E-state index is 12.6. The minimum absolute atomic E-state index is 0.381. The number of hydrogen-bond donors (Lipinski definition) is 2. The van der Waals surface area contributed by atoms with Crippen LogP contribution in [0.15, 0.2) is 18.2 Å². The van der Waals surface area contributed by atoms with Crippen molar-refractivity contribution >= 4 is 29.5 Å². The Morgan fingerprint density at radius 3 is 2.41 bits per heavy atom. The summed E-state index contributed by atoms with van der Waals surface area (Å²) in [5.74, 6) is -1.39. The van der Waals surface area contributed by atoms with Crippen molar-refractivity contribution in [3.05, 3.63) is 29.3 Å². The van der Waals surface area contributed by atoms with Gasteiger partial charge in [0.2, 0.25) is 0 Å². The van der Waals surface area contributed by atoms with Crippen LogP contribution in [0.25, 0.3) is 0 Å². The molecule has 1 atom stereocenters. The van der Waals surface area contributed by atoms with Gasteiger partial charge in [0.1, 0.15) is 12.1 Å². The summed E-state index contributed by atoms with van der Waals surface area (Å²) in [4.78, 5) is 49.7. The number of para-hydroxylation sites is 1. The zero-order valence-electron chi connectivity index (χ0n) is 17.6. The summed E-state index contributed by atoms with van der Waals surface area (Å²) in [6, 6.07) is 4.98. The predicted molar refractivity (Wildman–Crippen MR) is 108 cm³/mol. The number of urea groups is 1. The Balaban J connectivity index is 1.88. The van der Waals surface area contributed by atoms with E-state index in [1.807, 2.05) is 45.9 Å². The molecule has 4 amide bonds. The molecule has 1 fully saturated rings. The molecule has 1 heterocycles. The van der Waals surface area contributed by atoms with Crippen LogP contribution in [0.4, 0.5) is 10.5 Å². The average molecular weight is 403 g/mol. The smallest absolute Gasteiger partial charge is 0.326 e. The summed E-state index contributed by atoms with van der Waals surface area (Å²) in [6.07, 6.45) is 1.25. The topological polar surface area (TPSA) is 105 Å². The molecule has 8 nitrogen and oxygen atoms in total. The molecule has 1 aliphatic rings. The van der Waals surface area contributed by atoms with E-state index in [9.17, 15) is 19.2 Å². The van der Waals surface area contributed by atoms with Gasteiger partial charge in [-0.25, -0.2) is 4.79 Å². The first-order chi connectivity index (χ1) is 13.5. The molecule has 1 aromatic rings. The van der Waals surface area contributed by atoms with Crippen LogP contribution in [0.2, 0.25) is 0 Å². The summed E-state index contributed by atoms with van der Waals surface area (Å²) >= 11 is 0. The molecule has 1 aliphatic heterocycles. The van der Waals surface area contributed by atoms with Gasteiger partial charge in [0.15, 0.2) is 6.61 Å². The molecule has 29 heavy (non-hydrogen) atoms. The molecule has 0 unspecified atom stereocenters. The van der Waals surface area contributed by atoms with Gasteiger partial charge in [-0.1, -0.05) is 32.0 Å². The van der Waals surface area contributed by atoms with Gasteiger partial charge in [0, 0.05) is 5.69 Å². The number of carbonyl (C=O) groups is 4. The van der Waals surface area contributed by atoms with Crippen molar-refractivity contribution in [3.8, 4) is 0 Å². The molecule has 8 heteroatoms. The molecule has 1 aromatic carbocycles. The highest BCUT2D eigenvalue weighted by Crippen LogP contribution is 2.24. The highest BCUT2D eigenvalue weighted by molar-refractivity contribution is 6.08. The molecule has 0 saturated carbocycles. The normalized spacial score (nSPS) is 18.8. The minimum Gasteiger partial charge on any atom is -0.454 e. The van der Waals surface area contributed by atoms with Gasteiger partial charge in [0.25, 0.3) is 11.8 Å². The zero-order chi connectivity index (χ0) is 21.8. The van der Waals surface area contributed by atoms with Crippen molar-refractivity contribution < 1.29 is 23.9 Å². The molecule has 0 aliphatic carbocycles. The second kappa shape index (κ2) is 9.07. The Kier molecular flexibility index (Phi) is 7.00. The number of hydrogen-bond acceptors (Lipinski definition) is 5. The van der Waals surface area contributed by atoms with E-state index < -0.39 is 42.5 Å². The van der Waals surface area contributed by atoms with Crippen molar-refractivity contribution in [1.82, 2.24) is 10.2 Å². The lowest BCUT2D eigenvalue weighted by Gasteiger charge is -2.22. The Morgan fingerprint density at radius 2 is 1.83 bits per heavy atom. The van der Waals surface area contributed by atoms with Crippen molar-refractivity contribution in [2.24, 2.45) is 5.92 Å². The molecule has 0 radical (unpaired) electrons. The Morgan fingerprint density at radius 1 is 1.21 bits per heavy atom. The first-order valence-electron chi connectivity index (χ1n) is 9.69. The maximum atomic E-state index is 12.6. The fraction of sp³-hybridized carbons (Fsp3) is 0.524. The van der Waals surface area contributed by atoms with E-state index >= 15 is 0 Å². The molecule has 158 valence electrons. The fourth-order valence-corrected chi connectivity index (χ4v) is 3.15. The van der Waals surface area contributed by atoms with Crippen molar-refractivity contribution in [3.63, 3.8) is 0 Å². The largest absolute Gasteiger partial charge is 0.454 e. The van der Waals surface area contributed by atoms with E-state index in [1.54, 1.807) is 6.92 Å². The van der Waals surface area contributed by atoms with Crippen LogP contribution >= 0.6 is 0 Å². The molecule has 2 N–H and O–H groups in total. The van der Waals surface area contributed by atoms with Crippen LogP contribution in [-0.2, 0) is 19.1 Å². The van der Waals surface area contributed by atoms with E-state index in [-0.39, 0.29) is 0 Å². The van der Waals surface area contributed by atoms with Gasteiger partial charge in [-0.3, -0.25) is 19.3 Å². The summed E-state index contributed by atoms with van der Waals surface area (Å²) in [6.45, 7) is 8.41. The lowest BCUT2D eigenvalue weighted by Crippen LogP contribution is -2.44. The van der Waals surface area contributed by atoms with E-state index in [0.29, 0.717) is 18.0 Å². The number of carbonyl (C=O) groups excluding carboxylic acids is 4. The number of aryl methyl sites for hydroxylation is 2. The SMILES string of the molecule is Cc1cccc(C)c1NC(=O)COC(=O)CN1C(=O)N[C@](C)(CCC(C)C)C1=O. The Hall–Kier alpha value is -2.90. The molecule has 2 rings (SSSR count). The summed E-state index contributed by atoms with van der Waals surface area (Å²) in [5.41, 5.74) is 1.43. The number of rotatable bonds is 8. The van der Waals surface area contributed by atoms with Crippen molar-refractivity contribution in [2.75, 3.05) is 18.5 Å². The standard InChI is InChI=1S/C21H29N3O5/c1-13(2)9-10-21(5)19(27)24(20(28)23-21)11-17(26)29-12-16(25)22-18-14(3)7-6-8-15(18)4/h6-8,13H,9-12H2,1-5H3,(H,22,25)(H,23,28)/t21-/m1/s1. The van der Waals surface area contributed by atoms with Crippen LogP contribution < -0.4 is 10.6 Å². The number of anilines is 1. The average Bonchev–Trinajstić information content (AvgIpc) is 2.85. The van der Waals surface area contributed by atoms with Gasteiger partial charge >= 0.3 is 12.0 Å². The van der Waals surface area contributed by atoms with Crippen LogP contribution in [0.1, 0.15) is 44.7 Å². The monoisotopic (exact) mass is 403 g/mol.